The van der Waals surface area contributed by atoms with Crippen molar-refractivity contribution in [3.63, 3.8) is 0 Å². The second-order valence-electron chi connectivity index (χ2n) is 8.13. The molecule has 37 heavy (non-hydrogen) atoms. The summed E-state index contributed by atoms with van der Waals surface area (Å²) in [5.74, 6) is -4.92. The number of H-pyrrole nitrogens is 1. The Bertz CT molecular complexity index is 1090. The quantitative estimate of drug-likeness (QED) is 0.120. The fourth-order valence-corrected chi connectivity index (χ4v) is 3.22. The first-order valence-electron chi connectivity index (χ1n) is 11.0. The molecule has 4 unspecified atom stereocenters. The molecule has 15 nitrogen and oxygen atoms in total. The Balaban J connectivity index is 2.27. The number of aliphatic hydroxyl groups is 1. The third-order valence-electron chi connectivity index (χ3n) is 5.18. The van der Waals surface area contributed by atoms with E-state index in [1.54, 1.807) is 0 Å². The number of nitrogens with one attached hydrogen (secondary N) is 4. The van der Waals surface area contributed by atoms with Crippen LogP contribution >= 0.6 is 0 Å². The second-order valence-corrected chi connectivity index (χ2v) is 8.13. The molecule has 0 aliphatic rings. The number of aromatic nitrogens is 2. The van der Waals surface area contributed by atoms with Gasteiger partial charge in [-0.1, -0.05) is 12.1 Å². The molecular weight excluding hydrogens is 490 g/mol. The minimum Gasteiger partial charge on any atom is -0.508 e. The highest BCUT2D eigenvalue weighted by atomic mass is 16.4. The highest BCUT2D eigenvalue weighted by Gasteiger charge is 2.31. The summed E-state index contributed by atoms with van der Waals surface area (Å²) in [6, 6.07) is 0.198. The summed E-state index contributed by atoms with van der Waals surface area (Å²) < 4.78 is 0. The van der Waals surface area contributed by atoms with Crippen LogP contribution in [-0.2, 0) is 36.8 Å². The Morgan fingerprint density at radius 1 is 0.919 bits per heavy atom. The number of rotatable bonds is 14. The smallest absolute Gasteiger partial charge is 0.328 e. The van der Waals surface area contributed by atoms with E-state index in [0.717, 1.165) is 0 Å². The lowest BCUT2D eigenvalue weighted by molar-refractivity contribution is -0.143. The Morgan fingerprint density at radius 2 is 1.49 bits per heavy atom. The Labute approximate surface area is 210 Å². The van der Waals surface area contributed by atoms with Gasteiger partial charge in [0.15, 0.2) is 0 Å². The Kier molecular flexibility index (Phi) is 10.5. The van der Waals surface area contributed by atoms with Crippen molar-refractivity contribution >= 4 is 29.6 Å². The van der Waals surface area contributed by atoms with Crippen LogP contribution in [0.5, 0.6) is 5.75 Å². The minimum absolute atomic E-state index is 0.0228. The van der Waals surface area contributed by atoms with Gasteiger partial charge < -0.3 is 47.7 Å². The number of aliphatic carboxylic acids is 1. The van der Waals surface area contributed by atoms with Crippen molar-refractivity contribution in [2.24, 2.45) is 11.5 Å². The predicted molar refractivity (Wildman–Crippen MR) is 126 cm³/mol. The van der Waals surface area contributed by atoms with E-state index in [1.807, 2.05) is 0 Å². The zero-order valence-electron chi connectivity index (χ0n) is 19.6. The normalized spacial score (nSPS) is 14.0. The molecule has 1 heterocycles. The maximum atomic E-state index is 13.2. The maximum absolute atomic E-state index is 13.2. The zero-order valence-corrected chi connectivity index (χ0v) is 19.6. The number of primary amides is 1. The Hall–Kier alpha value is -4.50. The molecule has 2 aromatic rings. The molecule has 0 radical (unpaired) electrons. The summed E-state index contributed by atoms with van der Waals surface area (Å²) in [6.07, 6.45) is 2.05. The lowest BCUT2D eigenvalue weighted by atomic mass is 10.0. The number of nitrogens with zero attached hydrogens (tertiary/aromatic N) is 1. The topological polar surface area (TPSA) is 263 Å². The molecule has 0 saturated heterocycles. The monoisotopic (exact) mass is 519 g/mol. The zero-order chi connectivity index (χ0) is 27.5. The van der Waals surface area contributed by atoms with Gasteiger partial charge in [-0.15, -0.1) is 0 Å². The molecule has 4 atom stereocenters. The van der Waals surface area contributed by atoms with Crippen molar-refractivity contribution in [2.45, 2.75) is 43.4 Å². The summed E-state index contributed by atoms with van der Waals surface area (Å²) in [5, 5.41) is 34.9. The van der Waals surface area contributed by atoms with Gasteiger partial charge in [0, 0.05) is 24.7 Å². The minimum atomic E-state index is -1.62. The predicted octanol–water partition coefficient (Wildman–Crippen LogP) is -3.37. The summed E-state index contributed by atoms with van der Waals surface area (Å²) in [5.41, 5.74) is 11.7. The molecule has 0 fully saturated rings. The van der Waals surface area contributed by atoms with Crippen LogP contribution < -0.4 is 27.4 Å². The molecule has 200 valence electrons. The molecular formula is C22H29N7O8. The van der Waals surface area contributed by atoms with Crippen LogP contribution in [0.4, 0.5) is 0 Å². The van der Waals surface area contributed by atoms with E-state index >= 15 is 0 Å². The first kappa shape index (κ1) is 28.7. The summed E-state index contributed by atoms with van der Waals surface area (Å²) in [6.45, 7) is -0.886. The SMILES string of the molecule is NC(=O)CC(N)C(=O)NC(Cc1ccc(O)cc1)C(=O)NC(Cc1cnc[nH]1)C(=O)NC(CO)C(=O)O. The molecule has 11 N–H and O–H groups in total. The van der Waals surface area contributed by atoms with E-state index in [-0.39, 0.29) is 18.6 Å². The van der Waals surface area contributed by atoms with E-state index in [2.05, 4.69) is 25.9 Å². The summed E-state index contributed by atoms with van der Waals surface area (Å²) in [7, 11) is 0. The number of carbonyl (C=O) groups excluding carboxylic acids is 4. The second kappa shape index (κ2) is 13.6. The fourth-order valence-electron chi connectivity index (χ4n) is 3.22. The number of aromatic hydroxyl groups is 1. The number of carboxylic acids is 1. The number of nitrogens with two attached hydrogens (primary N) is 2. The largest absolute Gasteiger partial charge is 0.508 e. The fraction of sp³-hybridized carbons (Fsp3) is 0.364. The van der Waals surface area contributed by atoms with Crippen molar-refractivity contribution in [1.82, 2.24) is 25.9 Å². The summed E-state index contributed by atoms with van der Waals surface area (Å²) in [4.78, 5) is 67.6. The number of amides is 4. The van der Waals surface area contributed by atoms with E-state index in [0.29, 0.717) is 11.3 Å². The lowest BCUT2D eigenvalue weighted by Gasteiger charge is -2.25. The molecule has 15 heteroatoms. The number of phenols is 1. The standard InChI is InChI=1S/C22H29N7O8/c23-14(7-18(24)32)19(33)27-15(5-11-1-3-13(31)4-2-11)20(34)28-16(6-12-8-25-10-26-12)21(35)29-17(9-30)22(36)37/h1-4,8,10,14-17,30-31H,5-7,9,23H2,(H2,24,32)(H,25,26)(H,27,33)(H,28,34)(H,29,35)(H,36,37). The number of benzene rings is 1. The van der Waals surface area contributed by atoms with Crippen LogP contribution in [0.15, 0.2) is 36.8 Å². The number of aromatic amines is 1. The lowest BCUT2D eigenvalue weighted by Crippen LogP contribution is -2.58. The number of hydrogen-bond donors (Lipinski definition) is 9. The third-order valence-corrected chi connectivity index (χ3v) is 5.18. The number of phenolic OH excluding ortho intramolecular Hbond substituents is 1. The number of carbonyl (C=O) groups is 5. The van der Waals surface area contributed by atoms with Crippen LogP contribution in [-0.4, -0.2) is 85.7 Å². The van der Waals surface area contributed by atoms with Gasteiger partial charge in [0.25, 0.3) is 0 Å². The van der Waals surface area contributed by atoms with Gasteiger partial charge >= 0.3 is 5.97 Å². The molecule has 0 aliphatic carbocycles. The van der Waals surface area contributed by atoms with Crippen LogP contribution in [0, 0.1) is 0 Å². The summed E-state index contributed by atoms with van der Waals surface area (Å²) >= 11 is 0. The van der Waals surface area contributed by atoms with E-state index in [9.17, 15) is 34.2 Å². The molecule has 0 bridgehead atoms. The Morgan fingerprint density at radius 3 is 2.00 bits per heavy atom. The molecule has 0 saturated carbocycles. The van der Waals surface area contributed by atoms with Crippen molar-refractivity contribution in [3.8, 4) is 5.75 Å². The van der Waals surface area contributed by atoms with Gasteiger partial charge in [-0.05, 0) is 17.7 Å². The molecule has 1 aromatic carbocycles. The van der Waals surface area contributed by atoms with Crippen LogP contribution in [0.2, 0.25) is 0 Å². The van der Waals surface area contributed by atoms with E-state index < -0.39 is 66.8 Å². The van der Waals surface area contributed by atoms with Crippen molar-refractivity contribution in [2.75, 3.05) is 6.61 Å². The number of hydrogen-bond acceptors (Lipinski definition) is 9. The third kappa shape index (κ3) is 9.23. The van der Waals surface area contributed by atoms with Gasteiger partial charge in [-0.3, -0.25) is 19.2 Å². The van der Waals surface area contributed by atoms with Crippen LogP contribution in [0.3, 0.4) is 0 Å². The molecule has 4 amide bonds. The van der Waals surface area contributed by atoms with Crippen LogP contribution in [0.1, 0.15) is 17.7 Å². The van der Waals surface area contributed by atoms with Gasteiger partial charge in [0.2, 0.25) is 23.6 Å². The highest BCUT2D eigenvalue weighted by molar-refractivity contribution is 5.95. The van der Waals surface area contributed by atoms with Gasteiger partial charge in [0.05, 0.1) is 25.4 Å². The molecule has 1 aromatic heterocycles. The van der Waals surface area contributed by atoms with E-state index in [1.165, 1.54) is 36.8 Å². The maximum Gasteiger partial charge on any atom is 0.328 e. The van der Waals surface area contributed by atoms with Gasteiger partial charge in [0.1, 0.15) is 23.9 Å². The first-order chi connectivity index (χ1) is 17.5. The number of imidazole rings is 1. The van der Waals surface area contributed by atoms with Crippen molar-refractivity contribution in [3.05, 3.63) is 48.0 Å². The van der Waals surface area contributed by atoms with Gasteiger partial charge in [-0.2, -0.15) is 0 Å². The molecule has 0 spiro atoms. The average Bonchev–Trinajstić information content (AvgIpc) is 3.35. The highest BCUT2D eigenvalue weighted by Crippen LogP contribution is 2.12. The number of carboxylic acid groups (broad SMARTS) is 1. The van der Waals surface area contributed by atoms with Gasteiger partial charge in [-0.25, -0.2) is 9.78 Å². The van der Waals surface area contributed by atoms with Crippen LogP contribution in [0.25, 0.3) is 0 Å². The van der Waals surface area contributed by atoms with Crippen molar-refractivity contribution < 1.29 is 39.3 Å². The molecule has 2 rings (SSSR count). The number of aliphatic hydroxyl groups excluding tert-OH is 1. The first-order valence-corrected chi connectivity index (χ1v) is 11.0. The van der Waals surface area contributed by atoms with Crippen molar-refractivity contribution in [1.29, 1.82) is 0 Å². The molecule has 0 aliphatic heterocycles. The average molecular weight is 520 g/mol. The van der Waals surface area contributed by atoms with E-state index in [4.69, 9.17) is 16.6 Å².